The number of methoxy groups -OCH3 is 2. The Morgan fingerprint density at radius 2 is 1.82 bits per heavy atom. The Bertz CT molecular complexity index is 945. The highest BCUT2D eigenvalue weighted by atomic mass is 32.2. The van der Waals surface area contributed by atoms with Crippen LogP contribution in [0.25, 0.3) is 0 Å². The molecule has 0 fully saturated rings. The van der Waals surface area contributed by atoms with Gasteiger partial charge in [-0.15, -0.1) is 0 Å². The smallest absolute Gasteiger partial charge is 0.244 e. The van der Waals surface area contributed by atoms with E-state index in [9.17, 15) is 8.42 Å². The summed E-state index contributed by atoms with van der Waals surface area (Å²) in [5, 5.41) is 0. The molecule has 0 bridgehead atoms. The van der Waals surface area contributed by atoms with Crippen LogP contribution in [0.15, 0.2) is 41.3 Å². The zero-order valence-electron chi connectivity index (χ0n) is 16.3. The molecular formula is C19H24N2O6S. The van der Waals surface area contributed by atoms with E-state index < -0.39 is 10.0 Å². The Morgan fingerprint density at radius 3 is 2.50 bits per heavy atom. The van der Waals surface area contributed by atoms with Crippen molar-refractivity contribution in [2.24, 2.45) is 0 Å². The fourth-order valence-corrected chi connectivity index (χ4v) is 4.17. The molecule has 2 aromatic carbocycles. The van der Waals surface area contributed by atoms with Gasteiger partial charge in [0.05, 0.1) is 14.2 Å². The molecule has 2 aromatic rings. The van der Waals surface area contributed by atoms with Crippen LogP contribution < -0.4 is 23.7 Å². The molecule has 3 rings (SSSR count). The Balaban J connectivity index is 1.82. The molecule has 152 valence electrons. The number of nitrogens with one attached hydrogen (secondary N) is 1. The molecule has 1 aliphatic heterocycles. The minimum atomic E-state index is -3.79. The molecule has 0 radical (unpaired) electrons. The number of likely N-dealkylation sites (N-methyl/N-ethyl adjacent to an activating group) is 1. The Kier molecular flexibility index (Phi) is 5.97. The van der Waals surface area contributed by atoms with Gasteiger partial charge in [-0.1, -0.05) is 6.07 Å². The van der Waals surface area contributed by atoms with Crippen molar-refractivity contribution in [1.29, 1.82) is 0 Å². The highest BCUT2D eigenvalue weighted by molar-refractivity contribution is 7.89. The summed E-state index contributed by atoms with van der Waals surface area (Å²) in [7, 11) is 2.91. The number of rotatable bonds is 8. The molecule has 0 saturated heterocycles. The molecule has 9 heteroatoms. The van der Waals surface area contributed by atoms with E-state index in [1.807, 2.05) is 37.2 Å². The lowest BCUT2D eigenvalue weighted by atomic mass is 10.1. The Labute approximate surface area is 165 Å². The number of benzene rings is 2. The van der Waals surface area contributed by atoms with Crippen molar-refractivity contribution in [2.45, 2.75) is 10.9 Å². The van der Waals surface area contributed by atoms with Gasteiger partial charge in [0.25, 0.3) is 0 Å². The van der Waals surface area contributed by atoms with E-state index in [4.69, 9.17) is 18.9 Å². The van der Waals surface area contributed by atoms with Crippen LogP contribution in [0.1, 0.15) is 11.6 Å². The summed E-state index contributed by atoms with van der Waals surface area (Å²) >= 11 is 0. The van der Waals surface area contributed by atoms with Gasteiger partial charge in [0.15, 0.2) is 11.5 Å². The van der Waals surface area contributed by atoms with Gasteiger partial charge < -0.3 is 23.8 Å². The molecule has 1 N–H and O–H groups in total. The summed E-state index contributed by atoms with van der Waals surface area (Å²) in [6.45, 7) is 0.361. The minimum absolute atomic E-state index is 0.0546. The third-order valence-electron chi connectivity index (χ3n) is 4.53. The summed E-state index contributed by atoms with van der Waals surface area (Å²) < 4.78 is 49.5. The maximum absolute atomic E-state index is 12.9. The first-order valence-corrected chi connectivity index (χ1v) is 10.1. The van der Waals surface area contributed by atoms with Crippen molar-refractivity contribution < 1.29 is 27.4 Å². The molecule has 1 atom stereocenters. The van der Waals surface area contributed by atoms with Crippen LogP contribution in [0.2, 0.25) is 0 Å². The van der Waals surface area contributed by atoms with Crippen LogP contribution in [-0.4, -0.2) is 55.0 Å². The van der Waals surface area contributed by atoms with Gasteiger partial charge in [-0.05, 0) is 43.9 Å². The molecule has 0 spiro atoms. The normalized spacial score (nSPS) is 14.2. The van der Waals surface area contributed by atoms with Gasteiger partial charge in [-0.25, -0.2) is 13.1 Å². The average Bonchev–Trinajstić information content (AvgIpc) is 3.15. The van der Waals surface area contributed by atoms with Crippen LogP contribution in [0.4, 0.5) is 0 Å². The third kappa shape index (κ3) is 4.16. The van der Waals surface area contributed by atoms with E-state index in [-0.39, 0.29) is 30.0 Å². The fourth-order valence-electron chi connectivity index (χ4n) is 2.98. The molecule has 0 saturated carbocycles. The van der Waals surface area contributed by atoms with Crippen molar-refractivity contribution in [3.63, 3.8) is 0 Å². The molecule has 28 heavy (non-hydrogen) atoms. The van der Waals surface area contributed by atoms with E-state index in [2.05, 4.69) is 4.72 Å². The second kappa shape index (κ2) is 8.26. The standard InChI is InChI=1S/C19H24N2O6S/c1-21(2)15(13-5-7-16-17(9-13)27-12-26-16)11-20-28(22,23)19-8-6-14(24-3)10-18(19)25-4/h5-10,15,20H,11-12H2,1-4H3/t15-/m0/s1. The summed E-state index contributed by atoms with van der Waals surface area (Å²) in [6.07, 6.45) is 0. The van der Waals surface area contributed by atoms with E-state index in [1.54, 1.807) is 6.07 Å². The SMILES string of the molecule is COc1ccc(S(=O)(=O)NC[C@@H](c2ccc3c(c2)OCO3)N(C)C)c(OC)c1. The predicted molar refractivity (Wildman–Crippen MR) is 104 cm³/mol. The van der Waals surface area contributed by atoms with Crippen molar-refractivity contribution >= 4 is 10.0 Å². The summed E-state index contributed by atoms with van der Waals surface area (Å²) in [5.41, 5.74) is 0.915. The zero-order valence-corrected chi connectivity index (χ0v) is 17.1. The van der Waals surface area contributed by atoms with Crippen molar-refractivity contribution in [2.75, 3.05) is 41.7 Å². The van der Waals surface area contributed by atoms with E-state index in [1.165, 1.54) is 26.4 Å². The molecule has 0 unspecified atom stereocenters. The lowest BCUT2D eigenvalue weighted by Crippen LogP contribution is -2.34. The minimum Gasteiger partial charge on any atom is -0.497 e. The van der Waals surface area contributed by atoms with Gasteiger partial charge in [-0.2, -0.15) is 0 Å². The average molecular weight is 408 g/mol. The van der Waals surface area contributed by atoms with Crippen molar-refractivity contribution in [3.8, 4) is 23.0 Å². The summed E-state index contributed by atoms with van der Waals surface area (Å²) in [4.78, 5) is 1.99. The van der Waals surface area contributed by atoms with Crippen LogP contribution in [0.3, 0.4) is 0 Å². The highest BCUT2D eigenvalue weighted by Gasteiger charge is 2.24. The number of ether oxygens (including phenoxy) is 4. The quantitative estimate of drug-likeness (QED) is 0.715. The Morgan fingerprint density at radius 1 is 1.07 bits per heavy atom. The highest BCUT2D eigenvalue weighted by Crippen LogP contribution is 2.35. The molecular weight excluding hydrogens is 384 g/mol. The van der Waals surface area contributed by atoms with Crippen LogP contribution >= 0.6 is 0 Å². The van der Waals surface area contributed by atoms with E-state index in [0.29, 0.717) is 17.2 Å². The Hall–Kier alpha value is -2.49. The molecule has 1 aliphatic rings. The van der Waals surface area contributed by atoms with Crippen molar-refractivity contribution in [3.05, 3.63) is 42.0 Å². The fraction of sp³-hybridized carbons (Fsp3) is 0.368. The summed E-state index contributed by atoms with van der Waals surface area (Å²) in [5.74, 6) is 2.08. The van der Waals surface area contributed by atoms with Gasteiger partial charge in [-0.3, -0.25) is 0 Å². The van der Waals surface area contributed by atoms with Gasteiger partial charge in [0, 0.05) is 18.7 Å². The van der Waals surface area contributed by atoms with Crippen LogP contribution in [-0.2, 0) is 10.0 Å². The molecule has 8 nitrogen and oxygen atoms in total. The molecule has 0 amide bonds. The first-order valence-electron chi connectivity index (χ1n) is 8.63. The second-order valence-electron chi connectivity index (χ2n) is 6.46. The monoisotopic (exact) mass is 408 g/mol. The topological polar surface area (TPSA) is 86.3 Å². The van der Waals surface area contributed by atoms with Gasteiger partial charge in [0.2, 0.25) is 16.8 Å². The number of sulfonamides is 1. The largest absolute Gasteiger partial charge is 0.497 e. The first-order chi connectivity index (χ1) is 13.4. The van der Waals surface area contributed by atoms with Gasteiger partial charge >= 0.3 is 0 Å². The van der Waals surface area contributed by atoms with E-state index >= 15 is 0 Å². The molecule has 0 aliphatic carbocycles. The van der Waals surface area contributed by atoms with E-state index in [0.717, 1.165) is 5.56 Å². The van der Waals surface area contributed by atoms with Crippen LogP contribution in [0.5, 0.6) is 23.0 Å². The lowest BCUT2D eigenvalue weighted by molar-refractivity contribution is 0.174. The second-order valence-corrected chi connectivity index (χ2v) is 8.20. The lowest BCUT2D eigenvalue weighted by Gasteiger charge is -2.25. The first kappa shape index (κ1) is 20.2. The van der Waals surface area contributed by atoms with Gasteiger partial charge in [0.1, 0.15) is 16.4 Å². The van der Waals surface area contributed by atoms with Crippen LogP contribution in [0, 0.1) is 0 Å². The molecule has 1 heterocycles. The maximum Gasteiger partial charge on any atom is 0.244 e. The zero-order chi connectivity index (χ0) is 20.3. The maximum atomic E-state index is 12.9. The predicted octanol–water partition coefficient (Wildman–Crippen LogP) is 2.01. The third-order valence-corrected chi connectivity index (χ3v) is 5.99. The number of nitrogens with zero attached hydrogens (tertiary/aromatic N) is 1. The molecule has 0 aromatic heterocycles. The van der Waals surface area contributed by atoms with Crippen molar-refractivity contribution in [1.82, 2.24) is 9.62 Å². The number of hydrogen-bond acceptors (Lipinski definition) is 7. The number of fused-ring (bicyclic) bond motifs is 1. The number of hydrogen-bond donors (Lipinski definition) is 1. The summed E-state index contributed by atoms with van der Waals surface area (Å²) in [6, 6.07) is 9.98.